The van der Waals surface area contributed by atoms with E-state index in [0.717, 1.165) is 27.6 Å². The van der Waals surface area contributed by atoms with Gasteiger partial charge in [-0.15, -0.1) is 0 Å². The minimum Gasteiger partial charge on any atom is -0.454 e. The molecule has 0 unspecified atom stereocenters. The number of fused-ring (bicyclic) bond motifs is 2. The molecule has 2 aromatic carbocycles. The molecule has 0 saturated heterocycles. The van der Waals surface area contributed by atoms with Crippen LogP contribution in [0.4, 0.5) is 0 Å². The lowest BCUT2D eigenvalue weighted by Crippen LogP contribution is -2.30. The Hall–Kier alpha value is -3.28. The van der Waals surface area contributed by atoms with Crippen molar-refractivity contribution in [2.24, 2.45) is 0 Å². The average molecular weight is 378 g/mol. The minimum absolute atomic E-state index is 0.0990. The SMILES string of the molecule is CC(=O)N(Cc1ccc2c(c1)OCO2)Cc1cc2c(C)ccc(C)c2[nH]c1=O. The molecule has 1 aliphatic rings. The summed E-state index contributed by atoms with van der Waals surface area (Å²) in [4.78, 5) is 29.5. The number of rotatable bonds is 4. The fourth-order valence-electron chi connectivity index (χ4n) is 3.48. The lowest BCUT2D eigenvalue weighted by molar-refractivity contribution is -0.130. The zero-order chi connectivity index (χ0) is 19.8. The highest BCUT2D eigenvalue weighted by atomic mass is 16.7. The second kappa shape index (κ2) is 7.03. The van der Waals surface area contributed by atoms with E-state index in [0.29, 0.717) is 23.6 Å². The van der Waals surface area contributed by atoms with Gasteiger partial charge in [-0.05, 0) is 48.7 Å². The molecule has 4 rings (SSSR count). The number of hydrogen-bond donors (Lipinski definition) is 1. The maximum atomic E-state index is 12.6. The van der Waals surface area contributed by atoms with Crippen molar-refractivity contribution in [1.29, 1.82) is 0 Å². The number of H-pyrrole nitrogens is 1. The molecule has 1 aromatic heterocycles. The predicted octanol–water partition coefficient (Wildman–Crippen LogP) is 3.42. The first-order valence-corrected chi connectivity index (χ1v) is 9.18. The number of nitrogens with one attached hydrogen (secondary N) is 1. The number of pyridine rings is 1. The number of amides is 1. The van der Waals surface area contributed by atoms with Crippen molar-refractivity contribution < 1.29 is 14.3 Å². The molecule has 144 valence electrons. The van der Waals surface area contributed by atoms with Crippen molar-refractivity contribution in [2.45, 2.75) is 33.9 Å². The van der Waals surface area contributed by atoms with Crippen molar-refractivity contribution in [3.63, 3.8) is 0 Å². The second-order valence-corrected chi connectivity index (χ2v) is 7.17. The molecule has 0 spiro atoms. The quantitative estimate of drug-likeness (QED) is 0.755. The lowest BCUT2D eigenvalue weighted by atomic mass is 10.0. The van der Waals surface area contributed by atoms with Crippen LogP contribution in [0, 0.1) is 13.8 Å². The Balaban J connectivity index is 1.65. The summed E-state index contributed by atoms with van der Waals surface area (Å²) in [5.41, 5.74) is 4.27. The number of aromatic amines is 1. The normalized spacial score (nSPS) is 12.4. The van der Waals surface area contributed by atoms with E-state index in [-0.39, 0.29) is 24.8 Å². The third-order valence-corrected chi connectivity index (χ3v) is 5.14. The Morgan fingerprint density at radius 3 is 2.57 bits per heavy atom. The highest BCUT2D eigenvalue weighted by Crippen LogP contribution is 2.33. The number of carbonyl (C=O) groups excluding carboxylic acids is 1. The summed E-state index contributed by atoms with van der Waals surface area (Å²) in [5, 5.41) is 1.00. The molecular weight excluding hydrogens is 356 g/mol. The molecule has 28 heavy (non-hydrogen) atoms. The zero-order valence-electron chi connectivity index (χ0n) is 16.2. The molecule has 0 bridgehead atoms. The zero-order valence-corrected chi connectivity index (χ0v) is 16.2. The first-order valence-electron chi connectivity index (χ1n) is 9.18. The molecule has 3 aromatic rings. The Morgan fingerprint density at radius 2 is 1.79 bits per heavy atom. The van der Waals surface area contributed by atoms with Crippen molar-refractivity contribution in [2.75, 3.05) is 6.79 Å². The molecule has 2 heterocycles. The van der Waals surface area contributed by atoms with Crippen LogP contribution in [0.25, 0.3) is 10.9 Å². The van der Waals surface area contributed by atoms with E-state index in [1.54, 1.807) is 4.90 Å². The van der Waals surface area contributed by atoms with E-state index in [1.165, 1.54) is 6.92 Å². The molecule has 0 aliphatic carbocycles. The van der Waals surface area contributed by atoms with Gasteiger partial charge in [0.05, 0.1) is 12.1 Å². The van der Waals surface area contributed by atoms with Gasteiger partial charge in [-0.1, -0.05) is 18.2 Å². The highest BCUT2D eigenvalue weighted by molar-refractivity contribution is 5.85. The lowest BCUT2D eigenvalue weighted by Gasteiger charge is -2.21. The first kappa shape index (κ1) is 18.1. The van der Waals surface area contributed by atoms with Crippen LogP contribution < -0.4 is 15.0 Å². The average Bonchev–Trinajstić information content (AvgIpc) is 3.13. The summed E-state index contributed by atoms with van der Waals surface area (Å²) in [6, 6.07) is 11.5. The van der Waals surface area contributed by atoms with Crippen LogP contribution in [-0.2, 0) is 17.9 Å². The van der Waals surface area contributed by atoms with Gasteiger partial charge in [0.2, 0.25) is 12.7 Å². The van der Waals surface area contributed by atoms with E-state index >= 15 is 0 Å². The van der Waals surface area contributed by atoms with Gasteiger partial charge >= 0.3 is 0 Å². The predicted molar refractivity (Wildman–Crippen MR) is 107 cm³/mol. The summed E-state index contributed by atoms with van der Waals surface area (Å²) in [7, 11) is 0. The van der Waals surface area contributed by atoms with Gasteiger partial charge in [0.15, 0.2) is 11.5 Å². The standard InChI is InChI=1S/C22H22N2O4/c1-13-4-5-14(2)21-18(13)9-17(22(26)23-21)11-24(15(3)25)10-16-6-7-19-20(8-16)28-12-27-19/h4-9H,10-12H2,1-3H3,(H,23,26). The van der Waals surface area contributed by atoms with Crippen LogP contribution in [0.3, 0.4) is 0 Å². The smallest absolute Gasteiger partial charge is 0.253 e. The van der Waals surface area contributed by atoms with Gasteiger partial charge < -0.3 is 19.4 Å². The summed E-state index contributed by atoms with van der Waals surface area (Å²) < 4.78 is 10.7. The topological polar surface area (TPSA) is 71.6 Å². The van der Waals surface area contributed by atoms with Gasteiger partial charge in [0.25, 0.3) is 5.56 Å². The summed E-state index contributed by atoms with van der Waals surface area (Å²) in [6.07, 6.45) is 0. The number of nitrogens with zero attached hydrogens (tertiary/aromatic N) is 1. The fourth-order valence-corrected chi connectivity index (χ4v) is 3.48. The molecule has 1 N–H and O–H groups in total. The van der Waals surface area contributed by atoms with E-state index in [9.17, 15) is 9.59 Å². The van der Waals surface area contributed by atoms with Gasteiger partial charge in [-0.2, -0.15) is 0 Å². The molecule has 6 nitrogen and oxygen atoms in total. The van der Waals surface area contributed by atoms with Crippen molar-refractivity contribution in [3.8, 4) is 11.5 Å². The van der Waals surface area contributed by atoms with Crippen LogP contribution in [0.1, 0.15) is 29.2 Å². The van der Waals surface area contributed by atoms with Crippen LogP contribution in [0.2, 0.25) is 0 Å². The fraction of sp³-hybridized carbons (Fsp3) is 0.273. The Labute approximate surface area is 162 Å². The van der Waals surface area contributed by atoms with E-state index in [1.807, 2.05) is 50.2 Å². The van der Waals surface area contributed by atoms with Crippen LogP contribution in [-0.4, -0.2) is 22.6 Å². The maximum absolute atomic E-state index is 12.6. The van der Waals surface area contributed by atoms with E-state index < -0.39 is 0 Å². The molecule has 1 amide bonds. The van der Waals surface area contributed by atoms with Crippen LogP contribution in [0.15, 0.2) is 41.2 Å². The van der Waals surface area contributed by atoms with Crippen LogP contribution in [0.5, 0.6) is 11.5 Å². The number of carbonyl (C=O) groups is 1. The molecule has 1 aliphatic heterocycles. The first-order chi connectivity index (χ1) is 13.4. The van der Waals surface area contributed by atoms with Gasteiger partial charge in [-0.3, -0.25) is 9.59 Å². The van der Waals surface area contributed by atoms with E-state index in [2.05, 4.69) is 4.98 Å². The number of hydrogen-bond acceptors (Lipinski definition) is 4. The molecule has 6 heteroatoms. The second-order valence-electron chi connectivity index (χ2n) is 7.17. The molecule has 0 atom stereocenters. The molecule has 0 saturated carbocycles. The van der Waals surface area contributed by atoms with Gasteiger partial charge in [0, 0.05) is 24.4 Å². The van der Waals surface area contributed by atoms with Crippen molar-refractivity contribution in [3.05, 3.63) is 69.0 Å². The maximum Gasteiger partial charge on any atom is 0.253 e. The Kier molecular flexibility index (Phi) is 4.55. The van der Waals surface area contributed by atoms with Gasteiger partial charge in [-0.25, -0.2) is 0 Å². The minimum atomic E-state index is -0.168. The summed E-state index contributed by atoms with van der Waals surface area (Å²) in [6.45, 7) is 6.33. The summed E-state index contributed by atoms with van der Waals surface area (Å²) >= 11 is 0. The summed E-state index contributed by atoms with van der Waals surface area (Å²) in [5.74, 6) is 1.28. The third-order valence-electron chi connectivity index (χ3n) is 5.14. The Bertz CT molecular complexity index is 1130. The van der Waals surface area contributed by atoms with Gasteiger partial charge in [0.1, 0.15) is 0 Å². The number of aryl methyl sites for hydroxylation is 2. The molecule has 0 radical (unpaired) electrons. The third kappa shape index (κ3) is 3.33. The number of benzene rings is 2. The van der Waals surface area contributed by atoms with Crippen LogP contribution >= 0.6 is 0 Å². The number of aromatic nitrogens is 1. The van der Waals surface area contributed by atoms with E-state index in [4.69, 9.17) is 9.47 Å². The monoisotopic (exact) mass is 378 g/mol. The molecular formula is C22H22N2O4. The van der Waals surface area contributed by atoms with Crippen molar-refractivity contribution >= 4 is 16.8 Å². The Morgan fingerprint density at radius 1 is 1.04 bits per heavy atom. The largest absolute Gasteiger partial charge is 0.454 e. The molecule has 0 fully saturated rings. The number of ether oxygens (including phenoxy) is 2. The van der Waals surface area contributed by atoms with Crippen molar-refractivity contribution in [1.82, 2.24) is 9.88 Å². The highest BCUT2D eigenvalue weighted by Gasteiger charge is 2.17.